The third-order valence-corrected chi connectivity index (χ3v) is 4.16. The van der Waals surface area contributed by atoms with Crippen molar-refractivity contribution in [3.8, 4) is 17.2 Å². The summed E-state index contributed by atoms with van der Waals surface area (Å²) in [6.07, 6.45) is 2.85. The van der Waals surface area contributed by atoms with Crippen LogP contribution in [-0.2, 0) is 9.53 Å². The summed E-state index contributed by atoms with van der Waals surface area (Å²) in [5.41, 5.74) is 0.666. The highest BCUT2D eigenvalue weighted by Crippen LogP contribution is 2.36. The minimum Gasteiger partial charge on any atom is -0.493 e. The number of carbonyl (C=O) groups excluding carboxylic acids is 1. The van der Waals surface area contributed by atoms with Crippen molar-refractivity contribution < 1.29 is 23.7 Å². The average molecular weight is 432 g/mol. The van der Waals surface area contributed by atoms with Gasteiger partial charge in [-0.2, -0.15) is 0 Å². The second-order valence-electron chi connectivity index (χ2n) is 5.16. The van der Waals surface area contributed by atoms with E-state index in [1.165, 1.54) is 20.3 Å². The Labute approximate surface area is 172 Å². The fourth-order valence-electron chi connectivity index (χ4n) is 2.13. The molecule has 0 aliphatic rings. The second kappa shape index (κ2) is 10.3. The first-order valence-corrected chi connectivity index (χ1v) is 8.92. The van der Waals surface area contributed by atoms with Crippen molar-refractivity contribution in [2.24, 2.45) is 0 Å². The minimum absolute atomic E-state index is 0.0643. The summed E-state index contributed by atoms with van der Waals surface area (Å²) in [7, 11) is 3.00. The lowest BCUT2D eigenvalue weighted by Gasteiger charge is -2.10. The Morgan fingerprint density at radius 3 is 2.41 bits per heavy atom. The molecule has 0 atom stereocenters. The quantitative estimate of drug-likeness (QED) is 0.322. The Morgan fingerprint density at radius 1 is 0.963 bits per heavy atom. The summed E-state index contributed by atoms with van der Waals surface area (Å²) >= 11 is 17.9. The average Bonchev–Trinajstić information content (AvgIpc) is 2.64. The number of carbonyl (C=O) groups is 1. The molecule has 0 aromatic heterocycles. The molecule has 0 aliphatic carbocycles. The van der Waals surface area contributed by atoms with E-state index in [9.17, 15) is 4.79 Å². The van der Waals surface area contributed by atoms with Gasteiger partial charge in [0.1, 0.15) is 19.0 Å². The fourth-order valence-corrected chi connectivity index (χ4v) is 2.89. The molecule has 0 saturated heterocycles. The lowest BCUT2D eigenvalue weighted by molar-refractivity contribution is -0.138. The molecule has 0 saturated carbocycles. The summed E-state index contributed by atoms with van der Waals surface area (Å²) in [6.45, 7) is 0.220. The molecule has 0 unspecified atom stereocenters. The van der Waals surface area contributed by atoms with E-state index in [4.69, 9.17) is 53.8 Å². The monoisotopic (exact) mass is 430 g/mol. The Kier molecular flexibility index (Phi) is 8.10. The lowest BCUT2D eigenvalue weighted by Crippen LogP contribution is -2.10. The topological polar surface area (TPSA) is 54.0 Å². The second-order valence-corrected chi connectivity index (χ2v) is 6.41. The van der Waals surface area contributed by atoms with E-state index in [1.807, 2.05) is 0 Å². The Hall–Kier alpha value is -2.08. The van der Waals surface area contributed by atoms with Gasteiger partial charge in [-0.25, -0.2) is 4.79 Å². The van der Waals surface area contributed by atoms with E-state index < -0.39 is 5.97 Å². The summed E-state index contributed by atoms with van der Waals surface area (Å²) in [5, 5.41) is 1.27. The molecule has 0 radical (unpaired) electrons. The van der Waals surface area contributed by atoms with Gasteiger partial charge in [0.25, 0.3) is 0 Å². The van der Waals surface area contributed by atoms with Crippen LogP contribution < -0.4 is 14.2 Å². The molecule has 144 valence electrons. The van der Waals surface area contributed by atoms with E-state index in [0.29, 0.717) is 37.9 Å². The van der Waals surface area contributed by atoms with Gasteiger partial charge in [0.15, 0.2) is 11.5 Å². The molecule has 0 spiro atoms. The van der Waals surface area contributed by atoms with Crippen molar-refractivity contribution in [3.05, 3.63) is 57.0 Å². The molecule has 0 fully saturated rings. The van der Waals surface area contributed by atoms with Crippen LogP contribution in [0.2, 0.25) is 15.1 Å². The molecule has 2 aromatic rings. The number of benzene rings is 2. The molecule has 0 N–H and O–H groups in total. The largest absolute Gasteiger partial charge is 0.493 e. The van der Waals surface area contributed by atoms with E-state index in [1.54, 1.807) is 36.4 Å². The number of esters is 1. The van der Waals surface area contributed by atoms with Gasteiger partial charge in [0, 0.05) is 11.1 Å². The van der Waals surface area contributed by atoms with Gasteiger partial charge >= 0.3 is 5.97 Å². The van der Waals surface area contributed by atoms with Gasteiger partial charge < -0.3 is 18.9 Å². The number of hydrogen-bond acceptors (Lipinski definition) is 5. The standard InChI is InChI=1S/C19H17Cl3O5/c1-24-17-10-12(9-15(22)19(17)25-2)3-6-18(23)27-8-7-26-16-5-4-13(20)11-14(16)21/h3-6,9-11H,7-8H2,1-2H3. The summed E-state index contributed by atoms with van der Waals surface area (Å²) < 4.78 is 20.9. The molecule has 5 nitrogen and oxygen atoms in total. The number of methoxy groups -OCH3 is 2. The number of ether oxygens (including phenoxy) is 4. The molecule has 0 amide bonds. The molecule has 27 heavy (non-hydrogen) atoms. The van der Waals surface area contributed by atoms with Crippen molar-refractivity contribution in [2.75, 3.05) is 27.4 Å². The zero-order chi connectivity index (χ0) is 19.8. The van der Waals surface area contributed by atoms with Crippen LogP contribution in [0.15, 0.2) is 36.4 Å². The van der Waals surface area contributed by atoms with Gasteiger partial charge in [-0.3, -0.25) is 0 Å². The molecule has 2 rings (SSSR count). The summed E-state index contributed by atoms with van der Waals surface area (Å²) in [6, 6.07) is 8.22. The Balaban J connectivity index is 1.86. The van der Waals surface area contributed by atoms with Crippen LogP contribution in [0.3, 0.4) is 0 Å². The van der Waals surface area contributed by atoms with Crippen LogP contribution in [0.25, 0.3) is 6.08 Å². The number of hydrogen-bond donors (Lipinski definition) is 0. The number of halogens is 3. The molecular formula is C19H17Cl3O5. The predicted molar refractivity (Wildman–Crippen MR) is 107 cm³/mol. The first-order chi connectivity index (χ1) is 12.9. The van der Waals surface area contributed by atoms with Crippen molar-refractivity contribution in [3.63, 3.8) is 0 Å². The zero-order valence-electron chi connectivity index (χ0n) is 14.6. The van der Waals surface area contributed by atoms with Crippen LogP contribution in [0.1, 0.15) is 5.56 Å². The first kappa shape index (κ1) is 21.2. The maximum absolute atomic E-state index is 11.8. The first-order valence-electron chi connectivity index (χ1n) is 7.78. The highest BCUT2D eigenvalue weighted by molar-refractivity contribution is 6.35. The van der Waals surface area contributed by atoms with E-state index in [-0.39, 0.29) is 13.2 Å². The smallest absolute Gasteiger partial charge is 0.330 e. The maximum atomic E-state index is 11.8. The van der Waals surface area contributed by atoms with Gasteiger partial charge in [-0.1, -0.05) is 34.8 Å². The van der Waals surface area contributed by atoms with Crippen LogP contribution in [-0.4, -0.2) is 33.4 Å². The normalized spacial score (nSPS) is 10.7. The van der Waals surface area contributed by atoms with Gasteiger partial charge in [-0.15, -0.1) is 0 Å². The van der Waals surface area contributed by atoms with Gasteiger partial charge in [0.2, 0.25) is 0 Å². The van der Waals surface area contributed by atoms with Gasteiger partial charge in [0.05, 0.1) is 24.3 Å². The predicted octanol–water partition coefficient (Wildman–Crippen LogP) is 5.30. The van der Waals surface area contributed by atoms with E-state index >= 15 is 0 Å². The van der Waals surface area contributed by atoms with Crippen LogP contribution >= 0.6 is 34.8 Å². The lowest BCUT2D eigenvalue weighted by atomic mass is 10.2. The fraction of sp³-hybridized carbons (Fsp3) is 0.211. The molecular weight excluding hydrogens is 415 g/mol. The maximum Gasteiger partial charge on any atom is 0.330 e. The van der Waals surface area contributed by atoms with Crippen LogP contribution in [0.5, 0.6) is 17.2 Å². The Bertz CT molecular complexity index is 836. The van der Waals surface area contributed by atoms with Crippen molar-refractivity contribution in [1.82, 2.24) is 0 Å². The van der Waals surface area contributed by atoms with E-state index in [2.05, 4.69) is 0 Å². The molecule has 0 bridgehead atoms. The highest BCUT2D eigenvalue weighted by atomic mass is 35.5. The highest BCUT2D eigenvalue weighted by Gasteiger charge is 2.10. The third-order valence-electron chi connectivity index (χ3n) is 3.35. The molecule has 8 heteroatoms. The van der Waals surface area contributed by atoms with Crippen LogP contribution in [0, 0.1) is 0 Å². The van der Waals surface area contributed by atoms with Crippen LogP contribution in [0.4, 0.5) is 0 Å². The van der Waals surface area contributed by atoms with Crippen molar-refractivity contribution in [1.29, 1.82) is 0 Å². The SMILES string of the molecule is COc1cc(C=CC(=O)OCCOc2ccc(Cl)cc2Cl)cc(Cl)c1OC. The summed E-state index contributed by atoms with van der Waals surface area (Å²) in [5.74, 6) is 0.836. The molecule has 2 aromatic carbocycles. The van der Waals surface area contributed by atoms with E-state index in [0.717, 1.165) is 0 Å². The third kappa shape index (κ3) is 6.24. The zero-order valence-corrected chi connectivity index (χ0v) is 16.9. The molecule has 0 aliphatic heterocycles. The van der Waals surface area contributed by atoms with Crippen molar-refractivity contribution in [2.45, 2.75) is 0 Å². The Morgan fingerprint density at radius 2 is 1.74 bits per heavy atom. The van der Waals surface area contributed by atoms with Crippen molar-refractivity contribution >= 4 is 46.8 Å². The summed E-state index contributed by atoms with van der Waals surface area (Å²) in [4.78, 5) is 11.8. The minimum atomic E-state index is -0.522. The number of rotatable bonds is 8. The van der Waals surface area contributed by atoms with Gasteiger partial charge in [-0.05, 0) is 42.0 Å². The molecule has 0 heterocycles.